The first kappa shape index (κ1) is 7.24. The third-order valence-electron chi connectivity index (χ3n) is 1.38. The van der Waals surface area contributed by atoms with Crippen LogP contribution in [0.15, 0.2) is 31.1 Å². The highest BCUT2D eigenvalue weighted by atomic mass is 35.5. The zero-order chi connectivity index (χ0) is 8.39. The first-order valence-corrected chi connectivity index (χ1v) is 3.70. The van der Waals surface area contributed by atoms with Gasteiger partial charge in [-0.25, -0.2) is 15.0 Å². The van der Waals surface area contributed by atoms with Gasteiger partial charge in [0.25, 0.3) is 0 Å². The Morgan fingerprint density at radius 3 is 2.67 bits per heavy atom. The predicted octanol–water partition coefficient (Wildman–Crippen LogP) is 1.32. The minimum atomic E-state index is 0.371. The summed E-state index contributed by atoms with van der Waals surface area (Å²) in [5, 5.41) is 0.371. The SMILES string of the molecule is Clc1nccnc1-n1ccnc1. The first-order chi connectivity index (χ1) is 5.88. The summed E-state index contributed by atoms with van der Waals surface area (Å²) < 4.78 is 1.70. The summed E-state index contributed by atoms with van der Waals surface area (Å²) in [7, 11) is 0. The molecule has 0 amide bonds. The Morgan fingerprint density at radius 2 is 2.00 bits per heavy atom. The number of hydrogen-bond acceptors (Lipinski definition) is 3. The third kappa shape index (κ3) is 1.16. The molecule has 0 saturated heterocycles. The molecule has 60 valence electrons. The highest BCUT2D eigenvalue weighted by molar-refractivity contribution is 6.30. The molecule has 0 N–H and O–H groups in total. The molecule has 0 saturated carbocycles. The van der Waals surface area contributed by atoms with Crippen molar-refractivity contribution in [3.63, 3.8) is 0 Å². The van der Waals surface area contributed by atoms with Gasteiger partial charge in [0.05, 0.1) is 0 Å². The van der Waals surface area contributed by atoms with E-state index < -0.39 is 0 Å². The molecule has 0 unspecified atom stereocenters. The molecule has 0 aliphatic rings. The lowest BCUT2D eigenvalue weighted by Crippen LogP contribution is -1.95. The first-order valence-electron chi connectivity index (χ1n) is 3.33. The van der Waals surface area contributed by atoms with E-state index in [9.17, 15) is 0 Å². The van der Waals surface area contributed by atoms with E-state index in [4.69, 9.17) is 11.6 Å². The van der Waals surface area contributed by atoms with Crippen LogP contribution >= 0.6 is 11.6 Å². The maximum absolute atomic E-state index is 5.79. The van der Waals surface area contributed by atoms with Crippen molar-refractivity contribution in [2.24, 2.45) is 0 Å². The van der Waals surface area contributed by atoms with Crippen molar-refractivity contribution in [3.05, 3.63) is 36.3 Å². The largest absolute Gasteiger partial charge is 0.288 e. The Bertz CT molecular complexity index is 371. The van der Waals surface area contributed by atoms with E-state index >= 15 is 0 Å². The van der Waals surface area contributed by atoms with Crippen molar-refractivity contribution in [1.29, 1.82) is 0 Å². The van der Waals surface area contributed by atoms with Crippen molar-refractivity contribution in [2.75, 3.05) is 0 Å². The molecule has 0 radical (unpaired) electrons. The van der Waals surface area contributed by atoms with E-state index in [1.165, 1.54) is 0 Å². The molecule has 2 heterocycles. The highest BCUT2D eigenvalue weighted by Gasteiger charge is 2.02. The predicted molar refractivity (Wildman–Crippen MR) is 44.2 cm³/mol. The summed E-state index contributed by atoms with van der Waals surface area (Å²) in [5.74, 6) is 0.594. The van der Waals surface area contributed by atoms with E-state index in [1.807, 2.05) is 0 Å². The number of nitrogens with zero attached hydrogens (tertiary/aromatic N) is 4. The van der Waals surface area contributed by atoms with Gasteiger partial charge in [0.2, 0.25) is 0 Å². The van der Waals surface area contributed by atoms with Crippen LogP contribution in [0, 0.1) is 0 Å². The second-order valence-corrected chi connectivity index (χ2v) is 2.50. The van der Waals surface area contributed by atoms with E-state index in [0.717, 1.165) is 0 Å². The van der Waals surface area contributed by atoms with Crippen molar-refractivity contribution in [1.82, 2.24) is 19.5 Å². The van der Waals surface area contributed by atoms with Crippen LogP contribution in [0.5, 0.6) is 0 Å². The van der Waals surface area contributed by atoms with Gasteiger partial charge in [0.15, 0.2) is 11.0 Å². The standard InChI is InChI=1S/C7H5ClN4/c8-6-7(11-2-1-10-6)12-4-3-9-5-12/h1-5H. The number of aromatic nitrogens is 4. The molecule has 0 aliphatic carbocycles. The van der Waals surface area contributed by atoms with Gasteiger partial charge in [0, 0.05) is 24.8 Å². The average molecular weight is 181 g/mol. The van der Waals surface area contributed by atoms with Gasteiger partial charge in [-0.3, -0.25) is 4.57 Å². The molecule has 2 rings (SSSR count). The van der Waals surface area contributed by atoms with E-state index in [0.29, 0.717) is 11.0 Å². The van der Waals surface area contributed by atoms with Crippen molar-refractivity contribution in [3.8, 4) is 5.82 Å². The lowest BCUT2D eigenvalue weighted by Gasteiger charge is -2.00. The molecule has 0 aromatic carbocycles. The summed E-state index contributed by atoms with van der Waals surface area (Å²) in [5.41, 5.74) is 0. The van der Waals surface area contributed by atoms with E-state index in [2.05, 4.69) is 15.0 Å². The normalized spacial score (nSPS) is 10.1. The van der Waals surface area contributed by atoms with Gasteiger partial charge in [0.1, 0.15) is 6.33 Å². The molecule has 4 nitrogen and oxygen atoms in total. The fraction of sp³-hybridized carbons (Fsp3) is 0. The van der Waals surface area contributed by atoms with Crippen LogP contribution in [0.4, 0.5) is 0 Å². The van der Waals surface area contributed by atoms with E-state index in [-0.39, 0.29) is 0 Å². The summed E-state index contributed by atoms with van der Waals surface area (Å²) in [6.07, 6.45) is 8.17. The van der Waals surface area contributed by atoms with Crippen LogP contribution in [-0.2, 0) is 0 Å². The van der Waals surface area contributed by atoms with Crippen molar-refractivity contribution < 1.29 is 0 Å². The van der Waals surface area contributed by atoms with Crippen LogP contribution < -0.4 is 0 Å². The minimum absolute atomic E-state index is 0.371. The molecule has 0 fully saturated rings. The molecule has 0 atom stereocenters. The quantitative estimate of drug-likeness (QED) is 0.665. The van der Waals surface area contributed by atoms with Gasteiger partial charge in [-0.15, -0.1) is 0 Å². The summed E-state index contributed by atoms with van der Waals surface area (Å²) >= 11 is 5.79. The van der Waals surface area contributed by atoms with Crippen LogP contribution in [0.25, 0.3) is 5.82 Å². The Balaban J connectivity index is 2.55. The molecule has 5 heteroatoms. The lowest BCUT2D eigenvalue weighted by molar-refractivity contribution is 0.971. The molecular weight excluding hydrogens is 176 g/mol. The molecule has 0 aliphatic heterocycles. The van der Waals surface area contributed by atoms with Gasteiger partial charge < -0.3 is 0 Å². The molecule has 2 aromatic rings. The summed E-state index contributed by atoms with van der Waals surface area (Å²) in [4.78, 5) is 11.8. The Hall–Kier alpha value is -1.42. The zero-order valence-electron chi connectivity index (χ0n) is 6.05. The molecule has 0 bridgehead atoms. The van der Waals surface area contributed by atoms with Crippen LogP contribution in [-0.4, -0.2) is 19.5 Å². The third-order valence-corrected chi connectivity index (χ3v) is 1.65. The van der Waals surface area contributed by atoms with Crippen molar-refractivity contribution >= 4 is 11.6 Å². The Morgan fingerprint density at radius 1 is 1.17 bits per heavy atom. The molecule has 2 aromatic heterocycles. The van der Waals surface area contributed by atoms with E-state index in [1.54, 1.807) is 35.7 Å². The molecule has 12 heavy (non-hydrogen) atoms. The van der Waals surface area contributed by atoms with Crippen LogP contribution in [0.1, 0.15) is 0 Å². The van der Waals surface area contributed by atoms with Gasteiger partial charge in [-0.1, -0.05) is 11.6 Å². The maximum atomic E-state index is 5.79. The zero-order valence-corrected chi connectivity index (χ0v) is 6.81. The number of imidazole rings is 1. The Labute approximate surface area is 73.9 Å². The number of hydrogen-bond donors (Lipinski definition) is 0. The van der Waals surface area contributed by atoms with Gasteiger partial charge in [-0.2, -0.15) is 0 Å². The Kier molecular flexibility index (Phi) is 1.75. The van der Waals surface area contributed by atoms with Crippen molar-refractivity contribution in [2.45, 2.75) is 0 Å². The fourth-order valence-corrected chi connectivity index (χ4v) is 1.07. The lowest BCUT2D eigenvalue weighted by atomic mass is 10.6. The summed E-state index contributed by atoms with van der Waals surface area (Å²) in [6.45, 7) is 0. The maximum Gasteiger partial charge on any atom is 0.175 e. The molecule has 0 spiro atoms. The molecular formula is C7H5ClN4. The van der Waals surface area contributed by atoms with Gasteiger partial charge >= 0.3 is 0 Å². The second-order valence-electron chi connectivity index (χ2n) is 2.14. The summed E-state index contributed by atoms with van der Waals surface area (Å²) in [6, 6.07) is 0. The highest BCUT2D eigenvalue weighted by Crippen LogP contribution is 2.12. The minimum Gasteiger partial charge on any atom is -0.288 e. The smallest absolute Gasteiger partial charge is 0.175 e. The monoisotopic (exact) mass is 180 g/mol. The number of rotatable bonds is 1. The average Bonchev–Trinajstić information content (AvgIpc) is 2.57. The van der Waals surface area contributed by atoms with Crippen LogP contribution in [0.3, 0.4) is 0 Å². The van der Waals surface area contributed by atoms with Gasteiger partial charge in [-0.05, 0) is 0 Å². The number of halogens is 1. The fourth-order valence-electron chi connectivity index (χ4n) is 0.871. The topological polar surface area (TPSA) is 43.6 Å². The van der Waals surface area contributed by atoms with Crippen LogP contribution in [0.2, 0.25) is 5.15 Å². The second kappa shape index (κ2) is 2.91.